The van der Waals surface area contributed by atoms with Crippen molar-refractivity contribution in [3.05, 3.63) is 52.2 Å². The van der Waals surface area contributed by atoms with Crippen LogP contribution in [0.2, 0.25) is 0 Å². The maximum Gasteiger partial charge on any atom is 0.312 e. The lowest BCUT2D eigenvalue weighted by Gasteiger charge is -2.14. The van der Waals surface area contributed by atoms with Crippen molar-refractivity contribution in [2.24, 2.45) is 0 Å². The van der Waals surface area contributed by atoms with E-state index in [1.807, 2.05) is 23.6 Å². The molecule has 4 nitrogen and oxygen atoms in total. The molecule has 0 fully saturated rings. The molecule has 0 saturated heterocycles. The summed E-state index contributed by atoms with van der Waals surface area (Å²) in [5.74, 6) is -1.55. The average molecular weight is 289 g/mol. The number of aliphatic carboxylic acids is 1. The lowest BCUT2D eigenvalue weighted by atomic mass is 9.99. The second-order valence-corrected chi connectivity index (χ2v) is 5.32. The second kappa shape index (κ2) is 6.34. The molecule has 1 unspecified atom stereocenters. The summed E-state index contributed by atoms with van der Waals surface area (Å²) in [5, 5.41) is 14.2. The van der Waals surface area contributed by atoms with Crippen LogP contribution in [0.3, 0.4) is 0 Å². The Morgan fingerprint density at radius 3 is 2.55 bits per heavy atom. The van der Waals surface area contributed by atoms with Crippen LogP contribution < -0.4 is 5.32 Å². The summed E-state index contributed by atoms with van der Waals surface area (Å²) < 4.78 is 0. The quantitative estimate of drug-likeness (QED) is 0.801. The minimum Gasteiger partial charge on any atom is -0.481 e. The Morgan fingerprint density at radius 2 is 1.95 bits per heavy atom. The predicted molar refractivity (Wildman–Crippen MR) is 79.6 cm³/mol. The highest BCUT2D eigenvalue weighted by molar-refractivity contribution is 7.12. The minimum absolute atomic E-state index is 0.0194. The molecule has 0 aliphatic rings. The molecular weight excluding hydrogens is 274 g/mol. The van der Waals surface area contributed by atoms with Crippen LogP contribution in [0.5, 0.6) is 0 Å². The third-order valence-electron chi connectivity index (χ3n) is 2.98. The number of hydrogen-bond donors (Lipinski definition) is 2. The van der Waals surface area contributed by atoms with Crippen LogP contribution in [0.15, 0.2) is 41.8 Å². The standard InChI is InChI=1S/C15H15NO3S/c1-10(17)14-13(7-8-20-14)16-9-12(15(18)19)11-5-3-2-4-6-11/h2-8,12,16H,9H2,1H3,(H,18,19). The predicted octanol–water partition coefficient (Wildman–Crippen LogP) is 3.23. The number of carbonyl (C=O) groups is 2. The van der Waals surface area contributed by atoms with E-state index in [4.69, 9.17) is 0 Å². The van der Waals surface area contributed by atoms with Gasteiger partial charge in [0.1, 0.15) is 0 Å². The number of rotatable bonds is 6. The fraction of sp³-hybridized carbons (Fsp3) is 0.200. The zero-order valence-corrected chi connectivity index (χ0v) is 11.8. The summed E-state index contributed by atoms with van der Waals surface area (Å²) in [4.78, 5) is 23.4. The number of carboxylic acid groups (broad SMARTS) is 1. The third-order valence-corrected chi connectivity index (χ3v) is 4.00. The van der Waals surface area contributed by atoms with Gasteiger partial charge in [-0.3, -0.25) is 9.59 Å². The lowest BCUT2D eigenvalue weighted by molar-refractivity contribution is -0.138. The van der Waals surface area contributed by atoms with Crippen LogP contribution in [0.4, 0.5) is 5.69 Å². The maximum atomic E-state index is 11.4. The smallest absolute Gasteiger partial charge is 0.312 e. The van der Waals surface area contributed by atoms with Crippen LogP contribution in [0.25, 0.3) is 0 Å². The number of carboxylic acids is 1. The Balaban J connectivity index is 2.12. The maximum absolute atomic E-state index is 11.4. The van der Waals surface area contributed by atoms with Crippen LogP contribution >= 0.6 is 11.3 Å². The van der Waals surface area contributed by atoms with E-state index in [0.29, 0.717) is 10.6 Å². The number of nitrogens with one attached hydrogen (secondary N) is 1. The summed E-state index contributed by atoms with van der Waals surface area (Å²) in [7, 11) is 0. The van der Waals surface area contributed by atoms with Gasteiger partial charge in [-0.1, -0.05) is 30.3 Å². The van der Waals surface area contributed by atoms with Crippen molar-refractivity contribution in [3.63, 3.8) is 0 Å². The molecule has 104 valence electrons. The third kappa shape index (κ3) is 3.24. The molecule has 0 radical (unpaired) electrons. The zero-order valence-electron chi connectivity index (χ0n) is 11.0. The minimum atomic E-state index is -0.886. The van der Waals surface area contributed by atoms with Crippen LogP contribution in [-0.2, 0) is 4.79 Å². The van der Waals surface area contributed by atoms with Gasteiger partial charge in [-0.05, 0) is 17.0 Å². The Labute approximate surface area is 121 Å². The molecule has 0 aliphatic heterocycles. The normalized spacial score (nSPS) is 11.8. The summed E-state index contributed by atoms with van der Waals surface area (Å²) in [6.45, 7) is 1.75. The van der Waals surface area contributed by atoms with E-state index in [0.717, 1.165) is 5.56 Å². The van der Waals surface area contributed by atoms with Gasteiger partial charge in [-0.2, -0.15) is 0 Å². The van der Waals surface area contributed by atoms with Gasteiger partial charge in [-0.15, -0.1) is 11.3 Å². The first kappa shape index (κ1) is 14.3. The highest BCUT2D eigenvalue weighted by Gasteiger charge is 2.20. The second-order valence-electron chi connectivity index (χ2n) is 4.40. The largest absolute Gasteiger partial charge is 0.481 e. The fourth-order valence-corrected chi connectivity index (χ4v) is 2.74. The van der Waals surface area contributed by atoms with Gasteiger partial charge in [-0.25, -0.2) is 0 Å². The van der Waals surface area contributed by atoms with Gasteiger partial charge in [0.15, 0.2) is 5.78 Å². The van der Waals surface area contributed by atoms with E-state index in [1.54, 1.807) is 18.2 Å². The molecule has 1 aromatic heterocycles. The van der Waals surface area contributed by atoms with E-state index in [2.05, 4.69) is 5.32 Å². The number of ketones is 1. The van der Waals surface area contributed by atoms with E-state index >= 15 is 0 Å². The molecule has 0 saturated carbocycles. The Morgan fingerprint density at radius 1 is 1.25 bits per heavy atom. The molecule has 1 aromatic carbocycles. The van der Waals surface area contributed by atoms with Crippen molar-refractivity contribution in [1.29, 1.82) is 0 Å². The van der Waals surface area contributed by atoms with E-state index in [9.17, 15) is 14.7 Å². The lowest BCUT2D eigenvalue weighted by Crippen LogP contribution is -2.21. The van der Waals surface area contributed by atoms with Gasteiger partial charge >= 0.3 is 5.97 Å². The highest BCUT2D eigenvalue weighted by Crippen LogP contribution is 2.24. The van der Waals surface area contributed by atoms with Crippen molar-refractivity contribution < 1.29 is 14.7 Å². The number of hydrogen-bond acceptors (Lipinski definition) is 4. The van der Waals surface area contributed by atoms with Crippen LogP contribution in [0.1, 0.15) is 28.1 Å². The summed E-state index contributed by atoms with van der Waals surface area (Å²) in [6.07, 6.45) is 0. The molecule has 1 atom stereocenters. The number of thiophene rings is 1. The van der Waals surface area contributed by atoms with Crippen molar-refractivity contribution >= 4 is 28.8 Å². The first-order valence-corrected chi connectivity index (χ1v) is 7.07. The van der Waals surface area contributed by atoms with E-state index in [1.165, 1.54) is 18.3 Å². The average Bonchev–Trinajstić information content (AvgIpc) is 2.88. The molecule has 0 spiro atoms. The first-order chi connectivity index (χ1) is 9.59. The fourth-order valence-electron chi connectivity index (χ4n) is 1.97. The number of Topliss-reactive ketones (excluding diaryl/α,β-unsaturated/α-hetero) is 1. The summed E-state index contributed by atoms with van der Waals surface area (Å²) in [6, 6.07) is 10.9. The van der Waals surface area contributed by atoms with Crippen molar-refractivity contribution in [2.75, 3.05) is 11.9 Å². The number of benzene rings is 1. The van der Waals surface area contributed by atoms with Crippen LogP contribution in [0, 0.1) is 0 Å². The highest BCUT2D eigenvalue weighted by atomic mass is 32.1. The zero-order chi connectivity index (χ0) is 14.5. The Hall–Kier alpha value is -2.14. The molecule has 5 heteroatoms. The van der Waals surface area contributed by atoms with Gasteiger partial charge in [0.2, 0.25) is 0 Å². The van der Waals surface area contributed by atoms with Crippen molar-refractivity contribution in [3.8, 4) is 0 Å². The summed E-state index contributed by atoms with van der Waals surface area (Å²) >= 11 is 1.35. The van der Waals surface area contributed by atoms with Gasteiger partial charge in [0.05, 0.1) is 16.5 Å². The Kier molecular flexibility index (Phi) is 4.53. The van der Waals surface area contributed by atoms with Crippen LogP contribution in [-0.4, -0.2) is 23.4 Å². The molecule has 0 bridgehead atoms. The topological polar surface area (TPSA) is 66.4 Å². The first-order valence-electron chi connectivity index (χ1n) is 6.19. The van der Waals surface area contributed by atoms with E-state index in [-0.39, 0.29) is 12.3 Å². The molecular formula is C15H15NO3S. The van der Waals surface area contributed by atoms with Crippen molar-refractivity contribution in [2.45, 2.75) is 12.8 Å². The Bertz CT molecular complexity index is 607. The molecule has 0 aliphatic carbocycles. The summed E-state index contributed by atoms with van der Waals surface area (Å²) in [5.41, 5.74) is 1.44. The SMILES string of the molecule is CC(=O)c1sccc1NCC(C(=O)O)c1ccccc1. The molecule has 2 N–H and O–H groups in total. The molecule has 2 aromatic rings. The monoisotopic (exact) mass is 289 g/mol. The number of anilines is 1. The van der Waals surface area contributed by atoms with E-state index < -0.39 is 11.9 Å². The molecule has 1 heterocycles. The number of carbonyl (C=O) groups excluding carboxylic acids is 1. The van der Waals surface area contributed by atoms with Gasteiger partial charge < -0.3 is 10.4 Å². The molecule has 0 amide bonds. The van der Waals surface area contributed by atoms with Crippen molar-refractivity contribution in [1.82, 2.24) is 0 Å². The molecule has 20 heavy (non-hydrogen) atoms. The van der Waals surface area contributed by atoms with Gasteiger partial charge in [0.25, 0.3) is 0 Å². The molecule has 2 rings (SSSR count). The van der Waals surface area contributed by atoms with Gasteiger partial charge in [0, 0.05) is 13.5 Å².